The normalized spacial score (nSPS) is 28.2. The van der Waals surface area contributed by atoms with E-state index < -0.39 is 0 Å². The van der Waals surface area contributed by atoms with Gasteiger partial charge in [-0.2, -0.15) is 0 Å². The molecule has 1 rings (SSSR count). The van der Waals surface area contributed by atoms with Crippen molar-refractivity contribution in [1.82, 2.24) is 0 Å². The molecule has 0 unspecified atom stereocenters. The van der Waals surface area contributed by atoms with Gasteiger partial charge in [-0.15, -0.1) is 0 Å². The van der Waals surface area contributed by atoms with Crippen LogP contribution in [0.5, 0.6) is 0 Å². The Bertz CT molecular complexity index is 201. The van der Waals surface area contributed by atoms with Crippen molar-refractivity contribution in [2.75, 3.05) is 6.61 Å². The van der Waals surface area contributed by atoms with Gasteiger partial charge in [0.2, 0.25) is 0 Å². The predicted octanol–water partition coefficient (Wildman–Crippen LogP) is 4.52. The fourth-order valence-electron chi connectivity index (χ4n) is 2.12. The summed E-state index contributed by atoms with van der Waals surface area (Å²) in [6, 6.07) is 0. The van der Waals surface area contributed by atoms with Crippen LogP contribution in [0, 0.1) is 5.41 Å². The standard InChI is InChI=1S/C15H30O2/c1-5-6-7-8-9-10-11-14-16-12-15(3,4)13(2)17-14/h13-14H,5-12H2,1-4H3/t13-,14+/m1/s1. The molecule has 0 bridgehead atoms. The average molecular weight is 242 g/mol. The van der Waals surface area contributed by atoms with Crippen LogP contribution in [-0.4, -0.2) is 19.0 Å². The molecule has 0 aromatic rings. The Morgan fingerprint density at radius 2 is 1.71 bits per heavy atom. The summed E-state index contributed by atoms with van der Waals surface area (Å²) in [7, 11) is 0. The number of unbranched alkanes of at least 4 members (excludes halogenated alkanes) is 5. The first-order valence-corrected chi connectivity index (χ1v) is 7.33. The lowest BCUT2D eigenvalue weighted by molar-refractivity contribution is -0.256. The molecule has 1 saturated heterocycles. The van der Waals surface area contributed by atoms with Crippen LogP contribution < -0.4 is 0 Å². The molecular weight excluding hydrogens is 212 g/mol. The molecule has 0 saturated carbocycles. The molecule has 0 spiro atoms. The SMILES string of the molecule is CCCCCCCC[C@H]1OCC(C)(C)[C@@H](C)O1. The summed E-state index contributed by atoms with van der Waals surface area (Å²) in [4.78, 5) is 0. The molecule has 0 aliphatic carbocycles. The van der Waals surface area contributed by atoms with Crippen molar-refractivity contribution in [3.63, 3.8) is 0 Å². The number of ether oxygens (including phenoxy) is 2. The molecule has 1 aliphatic rings. The Morgan fingerprint density at radius 3 is 2.35 bits per heavy atom. The average Bonchev–Trinajstić information content (AvgIpc) is 2.28. The van der Waals surface area contributed by atoms with E-state index >= 15 is 0 Å². The Morgan fingerprint density at radius 1 is 1.06 bits per heavy atom. The summed E-state index contributed by atoms with van der Waals surface area (Å²) in [5.41, 5.74) is 0.164. The first-order valence-electron chi connectivity index (χ1n) is 7.33. The van der Waals surface area contributed by atoms with E-state index in [0.29, 0.717) is 6.10 Å². The van der Waals surface area contributed by atoms with Crippen LogP contribution >= 0.6 is 0 Å². The second-order valence-electron chi connectivity index (χ2n) is 6.06. The van der Waals surface area contributed by atoms with Gasteiger partial charge >= 0.3 is 0 Å². The molecule has 102 valence electrons. The maximum atomic E-state index is 5.91. The van der Waals surface area contributed by atoms with Gasteiger partial charge in [0.1, 0.15) is 0 Å². The summed E-state index contributed by atoms with van der Waals surface area (Å²) in [6.45, 7) is 9.66. The van der Waals surface area contributed by atoms with Crippen molar-refractivity contribution in [3.8, 4) is 0 Å². The number of hydrogen-bond donors (Lipinski definition) is 0. The zero-order chi connectivity index (χ0) is 12.7. The summed E-state index contributed by atoms with van der Waals surface area (Å²) < 4.78 is 11.7. The highest BCUT2D eigenvalue weighted by atomic mass is 16.7. The molecule has 0 N–H and O–H groups in total. The largest absolute Gasteiger partial charge is 0.352 e. The highest BCUT2D eigenvalue weighted by Crippen LogP contribution is 2.31. The second kappa shape index (κ2) is 7.38. The highest BCUT2D eigenvalue weighted by molar-refractivity contribution is 4.79. The topological polar surface area (TPSA) is 18.5 Å². The minimum Gasteiger partial charge on any atom is -0.352 e. The quantitative estimate of drug-likeness (QED) is 0.611. The summed E-state index contributed by atoms with van der Waals surface area (Å²) in [5, 5.41) is 0. The molecule has 17 heavy (non-hydrogen) atoms. The Hall–Kier alpha value is -0.0800. The highest BCUT2D eigenvalue weighted by Gasteiger charge is 2.34. The molecule has 0 amide bonds. The molecule has 0 aromatic heterocycles. The van der Waals surface area contributed by atoms with Gasteiger partial charge in [-0.3, -0.25) is 0 Å². The monoisotopic (exact) mass is 242 g/mol. The molecule has 2 nitrogen and oxygen atoms in total. The van der Waals surface area contributed by atoms with Crippen LogP contribution in [0.25, 0.3) is 0 Å². The van der Waals surface area contributed by atoms with E-state index in [1.807, 2.05) is 0 Å². The summed E-state index contributed by atoms with van der Waals surface area (Å²) in [6.07, 6.45) is 9.41. The fourth-order valence-corrected chi connectivity index (χ4v) is 2.12. The Kier molecular flexibility index (Phi) is 6.50. The second-order valence-corrected chi connectivity index (χ2v) is 6.06. The van der Waals surface area contributed by atoms with Crippen molar-refractivity contribution in [2.24, 2.45) is 5.41 Å². The van der Waals surface area contributed by atoms with Gasteiger partial charge in [0.05, 0.1) is 12.7 Å². The van der Waals surface area contributed by atoms with Gasteiger partial charge in [0.15, 0.2) is 6.29 Å². The van der Waals surface area contributed by atoms with Crippen LogP contribution in [0.1, 0.15) is 72.6 Å². The van der Waals surface area contributed by atoms with Crippen molar-refractivity contribution in [3.05, 3.63) is 0 Å². The molecule has 1 fully saturated rings. The maximum Gasteiger partial charge on any atom is 0.157 e. The van der Waals surface area contributed by atoms with Crippen LogP contribution in [-0.2, 0) is 9.47 Å². The molecule has 2 heteroatoms. The van der Waals surface area contributed by atoms with Crippen LogP contribution in [0.2, 0.25) is 0 Å². The first kappa shape index (κ1) is 15.0. The Balaban J connectivity index is 2.05. The Labute approximate surface area is 107 Å². The van der Waals surface area contributed by atoms with Crippen molar-refractivity contribution in [2.45, 2.75) is 85.0 Å². The zero-order valence-electron chi connectivity index (χ0n) is 12.1. The van der Waals surface area contributed by atoms with Gasteiger partial charge in [-0.05, 0) is 19.8 Å². The lowest BCUT2D eigenvalue weighted by Gasteiger charge is -2.40. The smallest absolute Gasteiger partial charge is 0.157 e. The first-order chi connectivity index (χ1) is 8.06. The molecular formula is C15H30O2. The van der Waals surface area contributed by atoms with E-state index in [2.05, 4.69) is 27.7 Å². The minimum absolute atomic E-state index is 0.0456. The minimum atomic E-state index is 0.0456. The van der Waals surface area contributed by atoms with Gasteiger partial charge in [-0.25, -0.2) is 0 Å². The van der Waals surface area contributed by atoms with E-state index in [4.69, 9.17) is 9.47 Å². The summed E-state index contributed by atoms with van der Waals surface area (Å²) >= 11 is 0. The van der Waals surface area contributed by atoms with Gasteiger partial charge < -0.3 is 9.47 Å². The lowest BCUT2D eigenvalue weighted by atomic mass is 9.87. The molecule has 2 atom stereocenters. The van der Waals surface area contributed by atoms with Crippen molar-refractivity contribution < 1.29 is 9.47 Å². The third-order valence-corrected chi connectivity index (χ3v) is 3.89. The molecule has 1 heterocycles. The number of hydrogen-bond acceptors (Lipinski definition) is 2. The van der Waals surface area contributed by atoms with E-state index in [0.717, 1.165) is 13.0 Å². The lowest BCUT2D eigenvalue weighted by Crippen LogP contribution is -2.44. The third-order valence-electron chi connectivity index (χ3n) is 3.89. The van der Waals surface area contributed by atoms with Crippen LogP contribution in [0.15, 0.2) is 0 Å². The molecule has 0 radical (unpaired) electrons. The maximum absolute atomic E-state index is 5.91. The van der Waals surface area contributed by atoms with E-state index in [9.17, 15) is 0 Å². The van der Waals surface area contributed by atoms with Gasteiger partial charge in [-0.1, -0.05) is 52.9 Å². The number of rotatable bonds is 7. The molecule has 1 aliphatic heterocycles. The van der Waals surface area contributed by atoms with Crippen molar-refractivity contribution in [1.29, 1.82) is 0 Å². The van der Waals surface area contributed by atoms with Crippen molar-refractivity contribution >= 4 is 0 Å². The van der Waals surface area contributed by atoms with Gasteiger partial charge in [0.25, 0.3) is 0 Å². The van der Waals surface area contributed by atoms with Crippen LogP contribution in [0.3, 0.4) is 0 Å². The van der Waals surface area contributed by atoms with E-state index in [1.54, 1.807) is 0 Å². The van der Waals surface area contributed by atoms with E-state index in [1.165, 1.54) is 38.5 Å². The third kappa shape index (κ3) is 5.39. The van der Waals surface area contributed by atoms with Gasteiger partial charge in [0, 0.05) is 5.41 Å². The van der Waals surface area contributed by atoms with Crippen LogP contribution in [0.4, 0.5) is 0 Å². The fraction of sp³-hybridized carbons (Fsp3) is 1.00. The zero-order valence-corrected chi connectivity index (χ0v) is 12.1. The molecule has 0 aromatic carbocycles. The predicted molar refractivity (Wildman–Crippen MR) is 72.1 cm³/mol. The van der Waals surface area contributed by atoms with E-state index in [-0.39, 0.29) is 11.7 Å². The summed E-state index contributed by atoms with van der Waals surface area (Å²) in [5.74, 6) is 0.